The van der Waals surface area contributed by atoms with Gasteiger partial charge in [0.15, 0.2) is 0 Å². The molecule has 0 amide bonds. The number of nitrogens with one attached hydrogen (secondary N) is 2. The SMILES string of the molecule is CC(C)CCCNCCNCCCN. The van der Waals surface area contributed by atoms with Gasteiger partial charge in [0.25, 0.3) is 0 Å². The third-order valence-electron chi connectivity index (χ3n) is 2.17. The lowest BCUT2D eigenvalue weighted by Crippen LogP contribution is -2.29. The topological polar surface area (TPSA) is 50.1 Å². The lowest BCUT2D eigenvalue weighted by atomic mass is 10.1. The van der Waals surface area contributed by atoms with E-state index < -0.39 is 0 Å². The van der Waals surface area contributed by atoms with E-state index in [1.54, 1.807) is 0 Å². The molecule has 0 saturated heterocycles. The Labute approximate surface area is 88.8 Å². The predicted octanol–water partition coefficient (Wildman–Crippen LogP) is 0.951. The maximum atomic E-state index is 5.38. The zero-order valence-corrected chi connectivity index (χ0v) is 9.81. The molecule has 0 unspecified atom stereocenters. The summed E-state index contributed by atoms with van der Waals surface area (Å²) < 4.78 is 0. The van der Waals surface area contributed by atoms with Crippen LogP contribution in [0.25, 0.3) is 0 Å². The van der Waals surface area contributed by atoms with E-state index in [1.807, 2.05) is 0 Å². The molecule has 0 aromatic carbocycles. The number of hydrogen-bond donors (Lipinski definition) is 3. The Hall–Kier alpha value is -0.120. The molecular formula is C11H27N3. The molecule has 0 radical (unpaired) electrons. The van der Waals surface area contributed by atoms with Crippen molar-refractivity contribution < 1.29 is 0 Å². The van der Waals surface area contributed by atoms with Gasteiger partial charge in [0.1, 0.15) is 0 Å². The maximum Gasteiger partial charge on any atom is 0.00767 e. The summed E-state index contributed by atoms with van der Waals surface area (Å²) in [6, 6.07) is 0. The summed E-state index contributed by atoms with van der Waals surface area (Å²) in [4.78, 5) is 0. The van der Waals surface area contributed by atoms with E-state index in [9.17, 15) is 0 Å². The highest BCUT2D eigenvalue weighted by atomic mass is 14.9. The van der Waals surface area contributed by atoms with Crippen LogP contribution in [0.2, 0.25) is 0 Å². The first-order chi connectivity index (χ1) is 6.77. The minimum absolute atomic E-state index is 0.787. The average molecular weight is 201 g/mol. The second-order valence-corrected chi connectivity index (χ2v) is 4.18. The third-order valence-corrected chi connectivity index (χ3v) is 2.17. The maximum absolute atomic E-state index is 5.38. The zero-order valence-electron chi connectivity index (χ0n) is 9.81. The van der Waals surface area contributed by atoms with Crippen LogP contribution < -0.4 is 16.4 Å². The molecule has 0 aliphatic rings. The van der Waals surface area contributed by atoms with Crippen molar-refractivity contribution in [3.63, 3.8) is 0 Å². The summed E-state index contributed by atoms with van der Waals surface area (Å²) in [5, 5.41) is 6.77. The molecule has 0 spiro atoms. The van der Waals surface area contributed by atoms with Gasteiger partial charge < -0.3 is 16.4 Å². The molecule has 0 rings (SSSR count). The molecule has 14 heavy (non-hydrogen) atoms. The quantitative estimate of drug-likeness (QED) is 0.461. The molecule has 0 aromatic rings. The van der Waals surface area contributed by atoms with Crippen molar-refractivity contribution in [1.82, 2.24) is 10.6 Å². The molecule has 3 nitrogen and oxygen atoms in total. The molecule has 0 heterocycles. The van der Waals surface area contributed by atoms with Gasteiger partial charge in [-0.1, -0.05) is 13.8 Å². The van der Waals surface area contributed by atoms with Crippen LogP contribution in [0.4, 0.5) is 0 Å². The molecule has 0 aromatic heterocycles. The summed E-state index contributed by atoms with van der Waals surface area (Å²) in [5.41, 5.74) is 5.38. The van der Waals surface area contributed by atoms with Crippen LogP contribution in [0.5, 0.6) is 0 Å². The Bertz CT molecular complexity index is 105. The first kappa shape index (κ1) is 13.9. The molecule has 0 aliphatic heterocycles. The number of hydrogen-bond acceptors (Lipinski definition) is 3. The zero-order chi connectivity index (χ0) is 10.6. The Balaban J connectivity index is 2.85. The lowest BCUT2D eigenvalue weighted by Gasteiger charge is -2.07. The van der Waals surface area contributed by atoms with E-state index in [1.165, 1.54) is 12.8 Å². The normalized spacial score (nSPS) is 11.1. The van der Waals surface area contributed by atoms with Gasteiger partial charge in [-0.15, -0.1) is 0 Å². The number of rotatable bonds is 10. The highest BCUT2D eigenvalue weighted by Crippen LogP contribution is 2.01. The van der Waals surface area contributed by atoms with Crippen LogP contribution in [0, 0.1) is 5.92 Å². The Morgan fingerprint density at radius 2 is 1.50 bits per heavy atom. The van der Waals surface area contributed by atoms with E-state index >= 15 is 0 Å². The average Bonchev–Trinajstić information content (AvgIpc) is 2.15. The van der Waals surface area contributed by atoms with E-state index in [4.69, 9.17) is 5.73 Å². The Morgan fingerprint density at radius 3 is 2.00 bits per heavy atom. The minimum atomic E-state index is 0.787. The van der Waals surface area contributed by atoms with Gasteiger partial charge in [-0.05, 0) is 44.8 Å². The van der Waals surface area contributed by atoms with Crippen molar-refractivity contribution in [3.8, 4) is 0 Å². The monoisotopic (exact) mass is 201 g/mol. The Kier molecular flexibility index (Phi) is 10.9. The van der Waals surface area contributed by atoms with Gasteiger partial charge in [-0.25, -0.2) is 0 Å². The van der Waals surface area contributed by atoms with Crippen molar-refractivity contribution in [2.45, 2.75) is 33.1 Å². The van der Waals surface area contributed by atoms with Crippen LogP contribution in [0.15, 0.2) is 0 Å². The summed E-state index contributed by atoms with van der Waals surface area (Å²) in [5.74, 6) is 0.833. The van der Waals surface area contributed by atoms with Crippen LogP contribution in [0.1, 0.15) is 33.1 Å². The third kappa shape index (κ3) is 11.9. The summed E-state index contributed by atoms with van der Waals surface area (Å²) in [6.07, 6.45) is 3.70. The molecule has 0 fully saturated rings. The summed E-state index contributed by atoms with van der Waals surface area (Å²) in [7, 11) is 0. The summed E-state index contributed by atoms with van der Waals surface area (Å²) >= 11 is 0. The largest absolute Gasteiger partial charge is 0.330 e. The second kappa shape index (κ2) is 11.0. The van der Waals surface area contributed by atoms with Crippen LogP contribution in [-0.4, -0.2) is 32.7 Å². The Morgan fingerprint density at radius 1 is 0.929 bits per heavy atom. The van der Waals surface area contributed by atoms with Gasteiger partial charge >= 0.3 is 0 Å². The smallest absolute Gasteiger partial charge is 0.00767 e. The van der Waals surface area contributed by atoms with Gasteiger partial charge in [0.05, 0.1) is 0 Å². The molecule has 0 saturated carbocycles. The molecule has 86 valence electrons. The van der Waals surface area contributed by atoms with Crippen LogP contribution >= 0.6 is 0 Å². The van der Waals surface area contributed by atoms with E-state index in [2.05, 4.69) is 24.5 Å². The van der Waals surface area contributed by atoms with Gasteiger partial charge in [0, 0.05) is 13.1 Å². The fourth-order valence-corrected chi connectivity index (χ4v) is 1.29. The summed E-state index contributed by atoms with van der Waals surface area (Å²) in [6.45, 7) is 9.66. The van der Waals surface area contributed by atoms with Gasteiger partial charge in [-0.2, -0.15) is 0 Å². The van der Waals surface area contributed by atoms with Crippen molar-refractivity contribution >= 4 is 0 Å². The van der Waals surface area contributed by atoms with E-state index in [0.717, 1.165) is 45.1 Å². The van der Waals surface area contributed by atoms with Crippen molar-refractivity contribution in [1.29, 1.82) is 0 Å². The van der Waals surface area contributed by atoms with Crippen LogP contribution in [-0.2, 0) is 0 Å². The molecule has 4 N–H and O–H groups in total. The molecular weight excluding hydrogens is 174 g/mol. The first-order valence-electron chi connectivity index (χ1n) is 5.89. The molecule has 0 bridgehead atoms. The first-order valence-corrected chi connectivity index (χ1v) is 5.89. The van der Waals surface area contributed by atoms with Gasteiger partial charge in [0.2, 0.25) is 0 Å². The van der Waals surface area contributed by atoms with Crippen LogP contribution in [0.3, 0.4) is 0 Å². The highest BCUT2D eigenvalue weighted by Gasteiger charge is 1.93. The lowest BCUT2D eigenvalue weighted by molar-refractivity contribution is 0.520. The van der Waals surface area contributed by atoms with E-state index in [0.29, 0.717) is 0 Å². The minimum Gasteiger partial charge on any atom is -0.330 e. The number of nitrogens with two attached hydrogens (primary N) is 1. The fraction of sp³-hybridized carbons (Fsp3) is 1.00. The van der Waals surface area contributed by atoms with Crippen molar-refractivity contribution in [2.75, 3.05) is 32.7 Å². The standard InChI is InChI=1S/C11H27N3/c1-11(2)5-3-7-13-9-10-14-8-4-6-12/h11,13-14H,3-10,12H2,1-2H3. The molecule has 3 heteroatoms. The molecule has 0 aliphatic carbocycles. The van der Waals surface area contributed by atoms with Crippen molar-refractivity contribution in [2.24, 2.45) is 11.7 Å². The van der Waals surface area contributed by atoms with Gasteiger partial charge in [-0.3, -0.25) is 0 Å². The molecule has 0 atom stereocenters. The fourth-order valence-electron chi connectivity index (χ4n) is 1.29. The van der Waals surface area contributed by atoms with E-state index in [-0.39, 0.29) is 0 Å². The second-order valence-electron chi connectivity index (χ2n) is 4.18. The highest BCUT2D eigenvalue weighted by molar-refractivity contribution is 4.54. The predicted molar refractivity (Wildman–Crippen MR) is 63.5 cm³/mol. The van der Waals surface area contributed by atoms with Crippen molar-refractivity contribution in [3.05, 3.63) is 0 Å².